The zero-order valence-corrected chi connectivity index (χ0v) is 10.3. The van der Waals surface area contributed by atoms with Crippen LogP contribution in [0, 0.1) is 5.92 Å². The Labute approximate surface area is 93.0 Å². The van der Waals surface area contributed by atoms with Crippen molar-refractivity contribution in [1.82, 2.24) is 4.90 Å². The summed E-state index contributed by atoms with van der Waals surface area (Å²) in [6.07, 6.45) is 3.98. The molecular formula is C12H24N2O. The summed E-state index contributed by atoms with van der Waals surface area (Å²) in [6.45, 7) is 7.91. The lowest BCUT2D eigenvalue weighted by Gasteiger charge is -2.25. The summed E-state index contributed by atoms with van der Waals surface area (Å²) in [5.41, 5.74) is 5.48. The second kappa shape index (κ2) is 4.97. The van der Waals surface area contributed by atoms with Gasteiger partial charge in [-0.1, -0.05) is 6.92 Å². The minimum atomic E-state index is -0.380. The summed E-state index contributed by atoms with van der Waals surface area (Å²) < 4.78 is 0. The van der Waals surface area contributed by atoms with Crippen LogP contribution < -0.4 is 5.73 Å². The first-order valence-electron chi connectivity index (χ1n) is 5.95. The summed E-state index contributed by atoms with van der Waals surface area (Å²) in [5.74, 6) is 0.977. The number of hydrogen-bond acceptors (Lipinski definition) is 2. The van der Waals surface area contributed by atoms with Crippen molar-refractivity contribution in [2.24, 2.45) is 11.7 Å². The van der Waals surface area contributed by atoms with Crippen LogP contribution in [0.1, 0.15) is 46.5 Å². The molecule has 1 unspecified atom stereocenters. The maximum atomic E-state index is 11.9. The van der Waals surface area contributed by atoms with E-state index in [9.17, 15) is 4.79 Å². The van der Waals surface area contributed by atoms with Gasteiger partial charge in [-0.2, -0.15) is 0 Å². The highest BCUT2D eigenvalue weighted by atomic mass is 16.2. The summed E-state index contributed by atoms with van der Waals surface area (Å²) in [5, 5.41) is 0. The highest BCUT2D eigenvalue weighted by Crippen LogP contribution is 2.18. The molecule has 2 N–H and O–H groups in total. The number of likely N-dealkylation sites (tertiary alicyclic amines) is 1. The maximum Gasteiger partial charge on any atom is 0.224 e. The molecule has 15 heavy (non-hydrogen) atoms. The standard InChI is InChI=1S/C12H24N2O/c1-10-5-4-7-14(8-6-10)11(15)9-12(2,3)13/h10H,4-9,13H2,1-3H3. The normalized spacial score (nSPS) is 23.7. The van der Waals surface area contributed by atoms with Crippen LogP contribution in [0.25, 0.3) is 0 Å². The number of nitrogens with zero attached hydrogens (tertiary/aromatic N) is 1. The lowest BCUT2D eigenvalue weighted by atomic mass is 10.0. The maximum absolute atomic E-state index is 11.9. The molecule has 1 rings (SSSR count). The van der Waals surface area contributed by atoms with Gasteiger partial charge in [-0.15, -0.1) is 0 Å². The molecule has 0 radical (unpaired) electrons. The molecular weight excluding hydrogens is 188 g/mol. The predicted molar refractivity (Wildman–Crippen MR) is 62.5 cm³/mol. The van der Waals surface area contributed by atoms with E-state index in [0.29, 0.717) is 6.42 Å². The average molecular weight is 212 g/mol. The lowest BCUT2D eigenvalue weighted by molar-refractivity contribution is -0.132. The van der Waals surface area contributed by atoms with Crippen molar-refractivity contribution in [2.75, 3.05) is 13.1 Å². The quantitative estimate of drug-likeness (QED) is 0.758. The van der Waals surface area contributed by atoms with Gasteiger partial charge in [0.15, 0.2) is 0 Å². The van der Waals surface area contributed by atoms with E-state index in [0.717, 1.165) is 31.8 Å². The first kappa shape index (κ1) is 12.5. The Kier molecular flexibility index (Phi) is 4.14. The molecule has 1 amide bonds. The van der Waals surface area contributed by atoms with Crippen LogP contribution >= 0.6 is 0 Å². The van der Waals surface area contributed by atoms with Crippen molar-refractivity contribution in [2.45, 2.75) is 52.0 Å². The third-order valence-corrected chi connectivity index (χ3v) is 2.98. The Morgan fingerprint density at radius 1 is 1.40 bits per heavy atom. The van der Waals surface area contributed by atoms with E-state index < -0.39 is 0 Å². The summed E-state index contributed by atoms with van der Waals surface area (Å²) in [4.78, 5) is 13.9. The molecule has 88 valence electrons. The monoisotopic (exact) mass is 212 g/mol. The molecule has 1 fully saturated rings. The van der Waals surface area contributed by atoms with E-state index in [1.807, 2.05) is 18.7 Å². The fourth-order valence-electron chi connectivity index (χ4n) is 2.01. The Morgan fingerprint density at radius 2 is 2.07 bits per heavy atom. The van der Waals surface area contributed by atoms with Crippen LogP contribution in [0.15, 0.2) is 0 Å². The number of carbonyl (C=O) groups excluding carboxylic acids is 1. The zero-order valence-electron chi connectivity index (χ0n) is 10.3. The van der Waals surface area contributed by atoms with Gasteiger partial charge >= 0.3 is 0 Å². The van der Waals surface area contributed by atoms with Gasteiger partial charge in [-0.25, -0.2) is 0 Å². The van der Waals surface area contributed by atoms with Crippen LogP contribution in [0.5, 0.6) is 0 Å². The first-order chi connectivity index (χ1) is 6.88. The smallest absolute Gasteiger partial charge is 0.224 e. The van der Waals surface area contributed by atoms with Crippen LogP contribution in [-0.4, -0.2) is 29.4 Å². The molecule has 0 aromatic carbocycles. The molecule has 0 aromatic rings. The average Bonchev–Trinajstić information content (AvgIpc) is 2.26. The molecule has 0 bridgehead atoms. The molecule has 1 aliphatic rings. The number of hydrogen-bond donors (Lipinski definition) is 1. The molecule has 0 spiro atoms. The van der Waals surface area contributed by atoms with Crippen molar-refractivity contribution in [3.63, 3.8) is 0 Å². The number of nitrogens with two attached hydrogens (primary N) is 1. The van der Waals surface area contributed by atoms with E-state index in [-0.39, 0.29) is 11.4 Å². The minimum Gasteiger partial charge on any atom is -0.343 e. The second-order valence-electron chi connectivity index (χ2n) is 5.58. The summed E-state index contributed by atoms with van der Waals surface area (Å²) in [7, 11) is 0. The molecule has 1 atom stereocenters. The fraction of sp³-hybridized carbons (Fsp3) is 0.917. The van der Waals surface area contributed by atoms with E-state index in [1.54, 1.807) is 0 Å². The van der Waals surface area contributed by atoms with Crippen molar-refractivity contribution >= 4 is 5.91 Å². The Balaban J connectivity index is 2.45. The van der Waals surface area contributed by atoms with Gasteiger partial charge in [-0.3, -0.25) is 4.79 Å². The zero-order chi connectivity index (χ0) is 11.5. The number of rotatable bonds is 2. The Hall–Kier alpha value is -0.570. The first-order valence-corrected chi connectivity index (χ1v) is 5.95. The number of carbonyl (C=O) groups is 1. The van der Waals surface area contributed by atoms with Gasteiger partial charge in [0.2, 0.25) is 5.91 Å². The van der Waals surface area contributed by atoms with Gasteiger partial charge in [0.05, 0.1) is 0 Å². The molecule has 3 heteroatoms. The molecule has 1 aliphatic heterocycles. The van der Waals surface area contributed by atoms with Crippen LogP contribution in [-0.2, 0) is 4.79 Å². The topological polar surface area (TPSA) is 46.3 Å². The fourth-order valence-corrected chi connectivity index (χ4v) is 2.01. The van der Waals surface area contributed by atoms with E-state index >= 15 is 0 Å². The third kappa shape index (κ3) is 4.65. The van der Waals surface area contributed by atoms with E-state index in [4.69, 9.17) is 5.73 Å². The third-order valence-electron chi connectivity index (χ3n) is 2.98. The van der Waals surface area contributed by atoms with E-state index in [1.165, 1.54) is 6.42 Å². The van der Waals surface area contributed by atoms with Crippen LogP contribution in [0.3, 0.4) is 0 Å². The summed E-state index contributed by atoms with van der Waals surface area (Å²) in [6, 6.07) is 0. The van der Waals surface area contributed by atoms with Gasteiger partial charge in [0.25, 0.3) is 0 Å². The molecule has 0 saturated carbocycles. The van der Waals surface area contributed by atoms with Gasteiger partial charge < -0.3 is 10.6 Å². The van der Waals surface area contributed by atoms with Crippen molar-refractivity contribution in [3.05, 3.63) is 0 Å². The second-order valence-corrected chi connectivity index (χ2v) is 5.58. The lowest BCUT2D eigenvalue weighted by Crippen LogP contribution is -2.41. The van der Waals surface area contributed by atoms with Crippen molar-refractivity contribution in [3.8, 4) is 0 Å². The molecule has 0 aromatic heterocycles. The molecule has 1 heterocycles. The SMILES string of the molecule is CC1CCCN(C(=O)CC(C)(C)N)CC1. The van der Waals surface area contributed by atoms with E-state index in [2.05, 4.69) is 6.92 Å². The van der Waals surface area contributed by atoms with Crippen LogP contribution in [0.4, 0.5) is 0 Å². The van der Waals surface area contributed by atoms with Gasteiger partial charge in [0, 0.05) is 25.0 Å². The highest BCUT2D eigenvalue weighted by Gasteiger charge is 2.23. The summed E-state index contributed by atoms with van der Waals surface area (Å²) >= 11 is 0. The molecule has 3 nitrogen and oxygen atoms in total. The highest BCUT2D eigenvalue weighted by molar-refractivity contribution is 5.77. The Bertz CT molecular complexity index is 220. The van der Waals surface area contributed by atoms with Gasteiger partial charge in [-0.05, 0) is 39.0 Å². The number of amides is 1. The minimum absolute atomic E-state index is 0.219. The van der Waals surface area contributed by atoms with Crippen molar-refractivity contribution < 1.29 is 4.79 Å². The molecule has 1 saturated heterocycles. The van der Waals surface area contributed by atoms with Crippen molar-refractivity contribution in [1.29, 1.82) is 0 Å². The molecule has 0 aliphatic carbocycles. The Morgan fingerprint density at radius 3 is 2.67 bits per heavy atom. The van der Waals surface area contributed by atoms with Crippen LogP contribution in [0.2, 0.25) is 0 Å². The largest absolute Gasteiger partial charge is 0.343 e. The van der Waals surface area contributed by atoms with Gasteiger partial charge in [0.1, 0.15) is 0 Å². The predicted octanol–water partition coefficient (Wildman–Crippen LogP) is 1.76.